The lowest BCUT2D eigenvalue weighted by Crippen LogP contribution is -2.28. The molecule has 2 heterocycles. The van der Waals surface area contributed by atoms with E-state index in [0.717, 1.165) is 11.9 Å². The summed E-state index contributed by atoms with van der Waals surface area (Å²) in [6.45, 7) is -4.11. The van der Waals surface area contributed by atoms with Gasteiger partial charge in [-0.1, -0.05) is 6.04 Å². The quantitative estimate of drug-likeness (QED) is 0.887. The molecule has 0 saturated carbocycles. The molecular weight excluding hydrogens is 266 g/mol. The van der Waals surface area contributed by atoms with Crippen LogP contribution in [-0.4, -0.2) is 49.2 Å². The van der Waals surface area contributed by atoms with E-state index < -0.39 is 80.4 Å². The van der Waals surface area contributed by atoms with Gasteiger partial charge in [-0.2, -0.15) is 0 Å². The fourth-order valence-electron chi connectivity index (χ4n) is 1.82. The van der Waals surface area contributed by atoms with Crippen molar-refractivity contribution in [2.45, 2.75) is 18.8 Å². The number of alkyl carbamates (subject to hydrolysis) is 1. The Balaban J connectivity index is 2.30. The number of carbonyl (C=O) groups excluding carboxylic acids is 1. The van der Waals surface area contributed by atoms with Crippen LogP contribution >= 0.6 is 0 Å². The molecule has 3 rings (SSSR count). The first-order chi connectivity index (χ1) is 14.8. The molecule has 112 valence electrons. The van der Waals surface area contributed by atoms with Gasteiger partial charge < -0.3 is 19.9 Å². The number of fused-ring (bicyclic) bond motifs is 1. The molecule has 1 saturated heterocycles. The molecule has 0 radical (unpaired) electrons. The number of amides is 1. The molecule has 0 bridgehead atoms. The highest BCUT2D eigenvalue weighted by Crippen LogP contribution is 2.21. The molecule has 1 aliphatic rings. The topological polar surface area (TPSA) is 57.4 Å². The number of cyclic esters (lactones) is 1. The molecule has 1 fully saturated rings. The first kappa shape index (κ1) is 5.65. The zero-order chi connectivity index (χ0) is 25.3. The summed E-state index contributed by atoms with van der Waals surface area (Å²) < 4.78 is 102. The predicted molar refractivity (Wildman–Crippen MR) is 82.5 cm³/mol. The smallest absolute Gasteiger partial charge is 0.407 e. The maximum atomic E-state index is 11.5. The molecule has 1 aromatic heterocycles. The van der Waals surface area contributed by atoms with Crippen LogP contribution in [0.2, 0.25) is 0 Å². The van der Waals surface area contributed by atoms with Gasteiger partial charge in [0.25, 0.3) is 0 Å². The first-order valence-corrected chi connectivity index (χ1v) is 6.14. The Morgan fingerprint density at radius 3 is 3.33 bits per heavy atom. The van der Waals surface area contributed by atoms with Crippen molar-refractivity contribution in [1.82, 2.24) is 15.2 Å². The third-order valence-corrected chi connectivity index (χ3v) is 2.74. The Morgan fingerprint density at radius 2 is 2.57 bits per heavy atom. The lowest BCUT2D eigenvalue weighted by Gasteiger charge is -2.09. The highest BCUT2D eigenvalue weighted by Gasteiger charge is 2.22. The molecule has 0 spiro atoms. The van der Waals surface area contributed by atoms with Gasteiger partial charge in [0.2, 0.25) is 0 Å². The number of aromatic nitrogens is 1. The number of nitrogens with zero attached hydrogens (tertiary/aromatic N) is 1. The molecular formula is C16H21N3O2. The number of benzene rings is 1. The van der Waals surface area contributed by atoms with Crippen molar-refractivity contribution < 1.29 is 26.0 Å². The van der Waals surface area contributed by atoms with E-state index in [1.54, 1.807) is 0 Å². The van der Waals surface area contributed by atoms with Crippen LogP contribution in [-0.2, 0) is 17.5 Å². The van der Waals surface area contributed by atoms with Crippen LogP contribution in [0.1, 0.15) is 27.6 Å². The second kappa shape index (κ2) is 5.77. The largest absolute Gasteiger partial charge is 0.447 e. The fourth-order valence-corrected chi connectivity index (χ4v) is 1.82. The maximum Gasteiger partial charge on any atom is 0.407 e. The van der Waals surface area contributed by atoms with Gasteiger partial charge in [-0.05, 0) is 50.0 Å². The summed E-state index contributed by atoms with van der Waals surface area (Å²) in [5.41, 5.74) is -1.51. The number of likely N-dealkylation sites (N-methyl/N-ethyl adjacent to an activating group) is 1. The highest BCUT2D eigenvalue weighted by molar-refractivity contribution is 5.84. The number of carbonyl (C=O) groups is 1. The van der Waals surface area contributed by atoms with Crippen molar-refractivity contribution in [3.8, 4) is 0 Å². The Hall–Kier alpha value is -2.01. The summed E-state index contributed by atoms with van der Waals surface area (Å²) in [5, 5.41) is 1.62. The third-order valence-electron chi connectivity index (χ3n) is 2.74. The first-order valence-electron chi connectivity index (χ1n) is 12.1. The molecule has 5 nitrogen and oxygen atoms in total. The standard InChI is InChI=1S/C16H21N3O2/c1-19(2)6-5-12-9-17-15-4-3-11(8-14(12)15)7-13-10-21-16(20)18-13/h3-4,8-9,13,17H,5-7,10H2,1-2H3,(H,18,20)/t13-/m0/s1/i1D3,3D,4D,5D2,7D2,8D,9D,13D. The van der Waals surface area contributed by atoms with Gasteiger partial charge in [-0.3, -0.25) is 0 Å². The molecule has 21 heavy (non-hydrogen) atoms. The number of aromatic amines is 1. The van der Waals surface area contributed by atoms with Crippen LogP contribution in [0.4, 0.5) is 4.79 Å². The van der Waals surface area contributed by atoms with Crippen LogP contribution in [0, 0.1) is 0 Å². The molecule has 1 atom stereocenters. The molecule has 1 aliphatic heterocycles. The predicted octanol–water partition coefficient (Wildman–Crippen LogP) is 1.92. The van der Waals surface area contributed by atoms with E-state index in [4.69, 9.17) is 16.4 Å². The molecule has 0 unspecified atom stereocenters. The summed E-state index contributed by atoms with van der Waals surface area (Å²) in [6, 6.07) is -4.61. The van der Waals surface area contributed by atoms with Gasteiger partial charge in [-0.15, -0.1) is 0 Å². The molecule has 2 aromatic rings. The van der Waals surface area contributed by atoms with Gasteiger partial charge in [-0.25, -0.2) is 4.79 Å². The van der Waals surface area contributed by atoms with E-state index in [-0.39, 0.29) is 10.9 Å². The summed E-state index contributed by atoms with van der Waals surface area (Å²) in [7, 11) is 1.15. The minimum Gasteiger partial charge on any atom is -0.447 e. The number of hydrogen-bond donors (Lipinski definition) is 2. The highest BCUT2D eigenvalue weighted by atomic mass is 16.6. The van der Waals surface area contributed by atoms with Crippen LogP contribution in [0.15, 0.2) is 24.3 Å². The van der Waals surface area contributed by atoms with Gasteiger partial charge in [0, 0.05) is 33.2 Å². The van der Waals surface area contributed by atoms with Gasteiger partial charge in [0.05, 0.1) is 12.9 Å². The van der Waals surface area contributed by atoms with Crippen molar-refractivity contribution in [1.29, 1.82) is 0 Å². The van der Waals surface area contributed by atoms with Crippen LogP contribution in [0.5, 0.6) is 0 Å². The lowest BCUT2D eigenvalue weighted by molar-refractivity contribution is 0.177. The van der Waals surface area contributed by atoms with Crippen molar-refractivity contribution >= 4 is 17.0 Å². The summed E-state index contributed by atoms with van der Waals surface area (Å²) in [5.74, 6) is 0. The maximum absolute atomic E-state index is 11.5. The minimum atomic E-state index is -2.92. The van der Waals surface area contributed by atoms with Gasteiger partial charge in [0.15, 0.2) is 0 Å². The normalized spacial score (nSPS) is 32.0. The zero-order valence-electron chi connectivity index (χ0n) is 23.2. The number of ether oxygens (including phenoxy) is 1. The lowest BCUT2D eigenvalue weighted by atomic mass is 10.0. The van der Waals surface area contributed by atoms with Crippen LogP contribution in [0.3, 0.4) is 0 Å². The average molecular weight is 299 g/mol. The second-order valence-corrected chi connectivity index (χ2v) is 4.46. The van der Waals surface area contributed by atoms with Crippen molar-refractivity contribution in [3.05, 3.63) is 35.4 Å². The minimum absolute atomic E-state index is 0.268. The van der Waals surface area contributed by atoms with Gasteiger partial charge in [0.1, 0.15) is 6.61 Å². The number of nitrogens with one attached hydrogen (secondary N) is 2. The molecule has 0 aliphatic carbocycles. The van der Waals surface area contributed by atoms with Crippen LogP contribution < -0.4 is 5.32 Å². The van der Waals surface area contributed by atoms with E-state index in [0.29, 0.717) is 0 Å². The molecule has 5 heteroatoms. The van der Waals surface area contributed by atoms with Crippen LogP contribution in [0.25, 0.3) is 10.9 Å². The van der Waals surface area contributed by atoms with E-state index >= 15 is 0 Å². The molecule has 1 aromatic carbocycles. The molecule has 1 amide bonds. The Bertz CT molecular complexity index is 1130. The summed E-state index contributed by atoms with van der Waals surface area (Å²) >= 11 is 0. The fraction of sp³-hybridized carbons (Fsp3) is 0.438. The van der Waals surface area contributed by atoms with E-state index in [1.165, 1.54) is 0 Å². The third kappa shape index (κ3) is 3.19. The molecule has 2 N–H and O–H groups in total. The van der Waals surface area contributed by atoms with Crippen molar-refractivity contribution in [2.75, 3.05) is 27.2 Å². The summed E-state index contributed by atoms with van der Waals surface area (Å²) in [6.07, 6.45) is -7.08. The Morgan fingerprint density at radius 1 is 1.67 bits per heavy atom. The van der Waals surface area contributed by atoms with Gasteiger partial charge >= 0.3 is 6.09 Å². The summed E-state index contributed by atoms with van der Waals surface area (Å²) in [4.78, 5) is 14.6. The zero-order valence-corrected chi connectivity index (χ0v) is 11.2. The SMILES string of the molecule is [2H]c1[nH]c2c([2H])c([2H])c(C([2H])([2H])[C@@]3([2H])COC(=O)N3)c([2H])c2c1C([2H])([2H])CN(C)C([2H])([2H])[2H]. The van der Waals surface area contributed by atoms with Crippen molar-refractivity contribution in [3.63, 3.8) is 0 Å². The number of H-pyrrole nitrogens is 1. The van der Waals surface area contributed by atoms with Crippen molar-refractivity contribution in [2.24, 2.45) is 0 Å². The Labute approximate surface area is 141 Å². The number of hydrogen-bond acceptors (Lipinski definition) is 3. The van der Waals surface area contributed by atoms with E-state index in [9.17, 15) is 4.79 Å². The van der Waals surface area contributed by atoms with E-state index in [2.05, 4.69) is 9.72 Å². The van der Waals surface area contributed by atoms with E-state index in [1.807, 2.05) is 5.32 Å². The Kier molecular flexibility index (Phi) is 1.55. The second-order valence-electron chi connectivity index (χ2n) is 4.46. The monoisotopic (exact) mass is 299 g/mol. The average Bonchev–Trinajstić information content (AvgIpc) is 3.19. The number of rotatable bonds is 5.